The van der Waals surface area contributed by atoms with Crippen molar-refractivity contribution in [2.24, 2.45) is 5.92 Å². The lowest BCUT2D eigenvalue weighted by Gasteiger charge is -2.06. The molecule has 1 aromatic carbocycles. The number of nitrogen functional groups attached to an aromatic ring is 1. The summed E-state index contributed by atoms with van der Waals surface area (Å²) in [5.74, 6) is -0.0481. The Morgan fingerprint density at radius 3 is 2.62 bits per heavy atom. The van der Waals surface area contributed by atoms with Gasteiger partial charge in [0.05, 0.1) is 4.92 Å². The molecule has 0 saturated heterocycles. The second-order valence-corrected chi connectivity index (χ2v) is 4.12. The Morgan fingerprint density at radius 1 is 1.50 bits per heavy atom. The third-order valence-corrected chi connectivity index (χ3v) is 2.80. The van der Waals surface area contributed by atoms with E-state index < -0.39 is 4.92 Å². The molecule has 0 heterocycles. The third-order valence-electron chi connectivity index (χ3n) is 2.80. The Labute approximate surface area is 92.4 Å². The van der Waals surface area contributed by atoms with Gasteiger partial charge in [0.2, 0.25) is 0 Å². The first-order valence-corrected chi connectivity index (χ1v) is 5.09. The van der Waals surface area contributed by atoms with Gasteiger partial charge in [-0.1, -0.05) is 0 Å². The number of aryl methyl sites for hydroxylation is 1. The molecule has 0 amide bonds. The number of non-ortho nitro benzene ring substituents is 1. The predicted octanol–water partition coefficient (Wildman–Crippen LogP) is 2.08. The first-order valence-electron chi connectivity index (χ1n) is 5.09. The Balaban J connectivity index is 2.49. The lowest BCUT2D eigenvalue weighted by Crippen LogP contribution is -2.08. The number of hydrogen-bond donors (Lipinski definition) is 1. The van der Waals surface area contributed by atoms with Gasteiger partial charge in [-0.25, -0.2) is 0 Å². The molecule has 0 radical (unpaired) electrons. The van der Waals surface area contributed by atoms with E-state index in [4.69, 9.17) is 5.73 Å². The topological polar surface area (TPSA) is 86.2 Å². The summed E-state index contributed by atoms with van der Waals surface area (Å²) in [5.41, 5.74) is 6.95. The van der Waals surface area contributed by atoms with E-state index in [0.717, 1.165) is 12.8 Å². The van der Waals surface area contributed by atoms with Gasteiger partial charge in [0.25, 0.3) is 5.69 Å². The fraction of sp³-hybridized carbons (Fsp3) is 0.364. The predicted molar refractivity (Wildman–Crippen MR) is 59.3 cm³/mol. The Kier molecular flexibility index (Phi) is 2.38. The number of rotatable bonds is 3. The number of nitrogens with two attached hydrogens (primary N) is 1. The maximum absolute atomic E-state index is 11.9. The van der Waals surface area contributed by atoms with E-state index in [-0.39, 0.29) is 17.4 Å². The SMILES string of the molecule is Cc1cc([N+](=O)[O-])cc(C(=O)C2CC2)c1N. The van der Waals surface area contributed by atoms with E-state index in [1.54, 1.807) is 6.92 Å². The van der Waals surface area contributed by atoms with Crippen molar-refractivity contribution in [3.8, 4) is 0 Å². The van der Waals surface area contributed by atoms with Gasteiger partial charge in [-0.2, -0.15) is 0 Å². The second kappa shape index (κ2) is 3.59. The molecule has 1 aliphatic rings. The van der Waals surface area contributed by atoms with E-state index in [1.807, 2.05) is 0 Å². The summed E-state index contributed by atoms with van der Waals surface area (Å²) < 4.78 is 0. The quantitative estimate of drug-likeness (QED) is 0.365. The number of anilines is 1. The van der Waals surface area contributed by atoms with Crippen LogP contribution in [0.3, 0.4) is 0 Å². The summed E-state index contributed by atoms with van der Waals surface area (Å²) in [4.78, 5) is 22.0. The van der Waals surface area contributed by atoms with Gasteiger partial charge in [0, 0.05) is 29.3 Å². The van der Waals surface area contributed by atoms with Crippen molar-refractivity contribution in [3.63, 3.8) is 0 Å². The van der Waals surface area contributed by atoms with Gasteiger partial charge in [-0.15, -0.1) is 0 Å². The average Bonchev–Trinajstić information content (AvgIpc) is 3.04. The van der Waals surface area contributed by atoms with Crippen molar-refractivity contribution < 1.29 is 9.72 Å². The van der Waals surface area contributed by atoms with E-state index in [2.05, 4.69) is 0 Å². The monoisotopic (exact) mass is 220 g/mol. The maximum Gasteiger partial charge on any atom is 0.270 e. The highest BCUT2D eigenvalue weighted by Gasteiger charge is 2.32. The minimum atomic E-state index is -0.504. The number of nitrogens with zero attached hydrogens (tertiary/aromatic N) is 1. The minimum absolute atomic E-state index is 0.0173. The lowest BCUT2D eigenvalue weighted by molar-refractivity contribution is -0.384. The Hall–Kier alpha value is -1.91. The zero-order chi connectivity index (χ0) is 11.9. The van der Waals surface area contributed by atoms with Crippen LogP contribution < -0.4 is 5.73 Å². The largest absolute Gasteiger partial charge is 0.398 e. The fourth-order valence-corrected chi connectivity index (χ4v) is 1.65. The molecule has 2 N–H and O–H groups in total. The molecule has 5 nitrogen and oxygen atoms in total. The van der Waals surface area contributed by atoms with Crippen LogP contribution in [-0.4, -0.2) is 10.7 Å². The van der Waals surface area contributed by atoms with Gasteiger partial charge in [-0.3, -0.25) is 14.9 Å². The molecular formula is C11H12N2O3. The molecule has 0 unspecified atom stereocenters. The van der Waals surface area contributed by atoms with Crippen LogP contribution in [0.1, 0.15) is 28.8 Å². The molecule has 16 heavy (non-hydrogen) atoms. The van der Waals surface area contributed by atoms with Crippen LogP contribution in [0.2, 0.25) is 0 Å². The van der Waals surface area contributed by atoms with Gasteiger partial charge >= 0.3 is 0 Å². The van der Waals surface area contributed by atoms with Crippen molar-refractivity contribution >= 4 is 17.2 Å². The molecule has 1 aromatic rings. The summed E-state index contributed by atoms with van der Waals surface area (Å²) in [7, 11) is 0. The van der Waals surface area contributed by atoms with Gasteiger partial charge in [0.15, 0.2) is 5.78 Å². The van der Waals surface area contributed by atoms with Crippen LogP contribution in [0.4, 0.5) is 11.4 Å². The highest BCUT2D eigenvalue weighted by Crippen LogP contribution is 2.36. The average molecular weight is 220 g/mol. The van der Waals surface area contributed by atoms with E-state index >= 15 is 0 Å². The molecule has 0 bridgehead atoms. The smallest absolute Gasteiger partial charge is 0.270 e. The zero-order valence-electron chi connectivity index (χ0n) is 8.90. The van der Waals surface area contributed by atoms with Gasteiger partial charge in [0.1, 0.15) is 0 Å². The van der Waals surface area contributed by atoms with Crippen LogP contribution in [0.25, 0.3) is 0 Å². The van der Waals surface area contributed by atoms with Crippen molar-refractivity contribution in [2.75, 3.05) is 5.73 Å². The summed E-state index contributed by atoms with van der Waals surface area (Å²) >= 11 is 0. The zero-order valence-corrected chi connectivity index (χ0v) is 8.90. The second-order valence-electron chi connectivity index (χ2n) is 4.12. The number of carbonyl (C=O) groups excluding carboxylic acids is 1. The first-order chi connectivity index (χ1) is 7.50. The molecule has 1 saturated carbocycles. The first kappa shape index (κ1) is 10.6. The highest BCUT2D eigenvalue weighted by atomic mass is 16.6. The molecule has 0 atom stereocenters. The van der Waals surface area contributed by atoms with Gasteiger partial charge < -0.3 is 5.73 Å². The number of carbonyl (C=O) groups is 1. The normalized spacial score (nSPS) is 14.8. The number of ketones is 1. The molecule has 84 valence electrons. The van der Waals surface area contributed by atoms with Crippen LogP contribution in [0.15, 0.2) is 12.1 Å². The molecule has 5 heteroatoms. The lowest BCUT2D eigenvalue weighted by atomic mass is 10.0. The Morgan fingerprint density at radius 2 is 2.12 bits per heavy atom. The van der Waals surface area contributed by atoms with Crippen molar-refractivity contribution in [1.29, 1.82) is 0 Å². The van der Waals surface area contributed by atoms with Crippen LogP contribution in [0, 0.1) is 23.0 Å². The summed E-state index contributed by atoms with van der Waals surface area (Å²) in [6, 6.07) is 2.67. The summed E-state index contributed by atoms with van der Waals surface area (Å²) in [6.07, 6.45) is 1.72. The molecule has 0 aromatic heterocycles. The highest BCUT2D eigenvalue weighted by molar-refractivity contribution is 6.04. The van der Waals surface area contributed by atoms with Crippen molar-refractivity contribution in [1.82, 2.24) is 0 Å². The number of Topliss-reactive ketones (excluding diaryl/α,β-unsaturated/α-hetero) is 1. The van der Waals surface area contributed by atoms with Crippen LogP contribution in [0.5, 0.6) is 0 Å². The maximum atomic E-state index is 11.9. The van der Waals surface area contributed by atoms with Crippen molar-refractivity contribution in [3.05, 3.63) is 33.4 Å². The molecule has 0 aliphatic heterocycles. The van der Waals surface area contributed by atoms with E-state index in [9.17, 15) is 14.9 Å². The molecular weight excluding hydrogens is 208 g/mol. The number of nitro benzene ring substituents is 1. The number of hydrogen-bond acceptors (Lipinski definition) is 4. The van der Waals surface area contributed by atoms with Gasteiger partial charge in [-0.05, 0) is 25.3 Å². The number of benzene rings is 1. The Bertz CT molecular complexity index is 478. The standard InChI is InChI=1S/C11H12N2O3/c1-6-4-8(13(15)16)5-9(10(6)12)11(14)7-2-3-7/h4-5,7H,2-3,12H2,1H3. The molecule has 2 rings (SSSR count). The third kappa shape index (κ3) is 1.76. The molecule has 1 fully saturated rings. The fourth-order valence-electron chi connectivity index (χ4n) is 1.65. The molecule has 1 aliphatic carbocycles. The summed E-state index contributed by atoms with van der Waals surface area (Å²) in [5, 5.41) is 10.7. The number of nitro groups is 1. The molecule has 0 spiro atoms. The van der Waals surface area contributed by atoms with E-state index in [1.165, 1.54) is 12.1 Å². The van der Waals surface area contributed by atoms with Crippen molar-refractivity contribution in [2.45, 2.75) is 19.8 Å². The summed E-state index contributed by atoms with van der Waals surface area (Å²) in [6.45, 7) is 1.67. The minimum Gasteiger partial charge on any atom is -0.398 e. The van der Waals surface area contributed by atoms with E-state index in [0.29, 0.717) is 16.8 Å². The van der Waals surface area contributed by atoms with Crippen LogP contribution >= 0.6 is 0 Å². The van der Waals surface area contributed by atoms with Crippen LogP contribution in [-0.2, 0) is 0 Å².